The highest BCUT2D eigenvalue weighted by Crippen LogP contribution is 2.17. The van der Waals surface area contributed by atoms with Gasteiger partial charge in [-0.2, -0.15) is 0 Å². The zero-order chi connectivity index (χ0) is 15.9. The fourth-order valence-corrected chi connectivity index (χ4v) is 2.71. The minimum Gasteiger partial charge on any atom is -0.378 e. The Labute approximate surface area is 135 Å². The average molecular weight is 302 g/mol. The molecule has 1 aliphatic rings. The third kappa shape index (κ3) is 4.65. The molecule has 1 fully saturated rings. The van der Waals surface area contributed by atoms with Crippen molar-refractivity contribution in [2.45, 2.75) is 33.2 Å². The summed E-state index contributed by atoms with van der Waals surface area (Å²) in [4.78, 5) is 9.34. The number of nitrogens with one attached hydrogen (secondary N) is 1. The summed E-state index contributed by atoms with van der Waals surface area (Å²) in [5.41, 5.74) is 2.48. The van der Waals surface area contributed by atoms with Crippen LogP contribution in [-0.2, 0) is 6.54 Å². The normalized spacial score (nSPS) is 16.7. The van der Waals surface area contributed by atoms with Crippen LogP contribution in [0.25, 0.3) is 0 Å². The first kappa shape index (κ1) is 16.7. The molecule has 0 aliphatic carbocycles. The van der Waals surface area contributed by atoms with Crippen molar-refractivity contribution in [3.05, 3.63) is 29.8 Å². The molecule has 1 aliphatic heterocycles. The third-order valence-electron chi connectivity index (χ3n) is 4.28. The maximum Gasteiger partial charge on any atom is 0.194 e. The SMILES string of the molecule is CCNC(=NCc1ccc(N(C)C)cc1)N1CCC(C)CC1. The Morgan fingerprint density at radius 3 is 2.41 bits per heavy atom. The molecule has 2 rings (SSSR count). The van der Waals surface area contributed by atoms with Crippen LogP contribution in [-0.4, -0.2) is 44.6 Å². The molecule has 1 N–H and O–H groups in total. The minimum atomic E-state index is 0.738. The average Bonchev–Trinajstić information content (AvgIpc) is 2.53. The summed E-state index contributed by atoms with van der Waals surface area (Å²) in [6, 6.07) is 8.64. The number of anilines is 1. The Morgan fingerprint density at radius 2 is 1.86 bits per heavy atom. The predicted octanol–water partition coefficient (Wildman–Crippen LogP) is 2.95. The summed E-state index contributed by atoms with van der Waals surface area (Å²) in [5.74, 6) is 1.91. The molecule has 0 unspecified atom stereocenters. The highest BCUT2D eigenvalue weighted by Gasteiger charge is 2.18. The van der Waals surface area contributed by atoms with Crippen molar-refractivity contribution < 1.29 is 0 Å². The van der Waals surface area contributed by atoms with Crippen LogP contribution in [0.15, 0.2) is 29.3 Å². The summed E-state index contributed by atoms with van der Waals surface area (Å²) in [6.45, 7) is 8.37. The van der Waals surface area contributed by atoms with Crippen LogP contribution in [0.3, 0.4) is 0 Å². The van der Waals surface area contributed by atoms with E-state index in [1.807, 2.05) is 0 Å². The number of nitrogens with zero attached hydrogens (tertiary/aromatic N) is 3. The standard InChI is InChI=1S/C18H30N4/c1-5-19-18(22-12-10-15(2)11-13-22)20-14-16-6-8-17(9-7-16)21(3)4/h6-9,15H,5,10-14H2,1-4H3,(H,19,20). The summed E-state index contributed by atoms with van der Waals surface area (Å²) < 4.78 is 0. The highest BCUT2D eigenvalue weighted by molar-refractivity contribution is 5.80. The Morgan fingerprint density at radius 1 is 1.23 bits per heavy atom. The van der Waals surface area contributed by atoms with Gasteiger partial charge >= 0.3 is 0 Å². The first-order valence-electron chi connectivity index (χ1n) is 8.39. The molecule has 4 heteroatoms. The second-order valence-corrected chi connectivity index (χ2v) is 6.40. The van der Waals surface area contributed by atoms with E-state index < -0.39 is 0 Å². The Bertz CT molecular complexity index is 470. The molecule has 0 atom stereocenters. The molecule has 0 bridgehead atoms. The number of aliphatic imine (C=N–C) groups is 1. The lowest BCUT2D eigenvalue weighted by atomic mass is 10.00. The molecule has 1 heterocycles. The maximum atomic E-state index is 4.82. The zero-order valence-electron chi connectivity index (χ0n) is 14.5. The summed E-state index contributed by atoms with van der Waals surface area (Å²) in [7, 11) is 4.13. The molecular weight excluding hydrogens is 272 g/mol. The van der Waals surface area contributed by atoms with Gasteiger partial charge in [-0.15, -0.1) is 0 Å². The van der Waals surface area contributed by atoms with Gasteiger partial charge in [0.2, 0.25) is 0 Å². The molecule has 0 spiro atoms. The van der Waals surface area contributed by atoms with Crippen LogP contribution >= 0.6 is 0 Å². The van der Waals surface area contributed by atoms with Gasteiger partial charge in [0.1, 0.15) is 0 Å². The Kier molecular flexibility index (Phi) is 6.10. The largest absolute Gasteiger partial charge is 0.378 e. The minimum absolute atomic E-state index is 0.738. The highest BCUT2D eigenvalue weighted by atomic mass is 15.3. The third-order valence-corrected chi connectivity index (χ3v) is 4.28. The van der Waals surface area contributed by atoms with Crippen molar-refractivity contribution >= 4 is 11.6 Å². The Balaban J connectivity index is 2.00. The number of piperidine rings is 1. The molecule has 0 aromatic heterocycles. The van der Waals surface area contributed by atoms with E-state index in [4.69, 9.17) is 4.99 Å². The fourth-order valence-electron chi connectivity index (χ4n) is 2.71. The van der Waals surface area contributed by atoms with E-state index >= 15 is 0 Å². The molecule has 22 heavy (non-hydrogen) atoms. The van der Waals surface area contributed by atoms with Crippen molar-refractivity contribution in [2.75, 3.05) is 38.6 Å². The van der Waals surface area contributed by atoms with Crippen molar-refractivity contribution in [3.63, 3.8) is 0 Å². The van der Waals surface area contributed by atoms with E-state index in [-0.39, 0.29) is 0 Å². The second kappa shape index (κ2) is 8.06. The molecule has 0 radical (unpaired) electrons. The molecule has 4 nitrogen and oxygen atoms in total. The van der Waals surface area contributed by atoms with E-state index in [2.05, 4.69) is 67.3 Å². The van der Waals surface area contributed by atoms with Crippen LogP contribution in [0.2, 0.25) is 0 Å². The number of benzene rings is 1. The molecule has 0 saturated carbocycles. The summed E-state index contributed by atoms with van der Waals surface area (Å²) in [5, 5.41) is 3.43. The first-order valence-corrected chi connectivity index (χ1v) is 8.39. The topological polar surface area (TPSA) is 30.9 Å². The fraction of sp³-hybridized carbons (Fsp3) is 0.611. The zero-order valence-corrected chi connectivity index (χ0v) is 14.5. The molecule has 1 aromatic rings. The maximum absolute atomic E-state index is 4.82. The van der Waals surface area contributed by atoms with E-state index in [0.29, 0.717) is 0 Å². The molecule has 1 aromatic carbocycles. The molecule has 122 valence electrons. The second-order valence-electron chi connectivity index (χ2n) is 6.40. The van der Waals surface area contributed by atoms with Gasteiger partial charge in [0.05, 0.1) is 6.54 Å². The van der Waals surface area contributed by atoms with Crippen LogP contribution < -0.4 is 10.2 Å². The van der Waals surface area contributed by atoms with Gasteiger partial charge in [-0.05, 0) is 43.4 Å². The van der Waals surface area contributed by atoms with Gasteiger partial charge in [-0.25, -0.2) is 4.99 Å². The van der Waals surface area contributed by atoms with Gasteiger partial charge in [0, 0.05) is 39.4 Å². The van der Waals surface area contributed by atoms with Gasteiger partial charge in [0.15, 0.2) is 5.96 Å². The van der Waals surface area contributed by atoms with Crippen molar-refractivity contribution in [1.29, 1.82) is 0 Å². The quantitative estimate of drug-likeness (QED) is 0.685. The van der Waals surface area contributed by atoms with E-state index in [1.165, 1.54) is 24.1 Å². The van der Waals surface area contributed by atoms with Gasteiger partial charge in [0.25, 0.3) is 0 Å². The van der Waals surface area contributed by atoms with Crippen LogP contribution in [0.4, 0.5) is 5.69 Å². The number of hydrogen-bond acceptors (Lipinski definition) is 2. The van der Waals surface area contributed by atoms with Crippen molar-refractivity contribution in [2.24, 2.45) is 10.9 Å². The van der Waals surface area contributed by atoms with Crippen molar-refractivity contribution in [3.8, 4) is 0 Å². The van der Waals surface area contributed by atoms with Crippen LogP contribution in [0.5, 0.6) is 0 Å². The molecule has 1 saturated heterocycles. The monoisotopic (exact) mass is 302 g/mol. The van der Waals surface area contributed by atoms with Crippen LogP contribution in [0, 0.1) is 5.92 Å². The lowest BCUT2D eigenvalue weighted by Crippen LogP contribution is -2.45. The number of likely N-dealkylation sites (tertiary alicyclic amines) is 1. The lowest BCUT2D eigenvalue weighted by Gasteiger charge is -2.33. The predicted molar refractivity (Wildman–Crippen MR) is 95.6 cm³/mol. The van der Waals surface area contributed by atoms with Crippen molar-refractivity contribution in [1.82, 2.24) is 10.2 Å². The van der Waals surface area contributed by atoms with Gasteiger partial charge < -0.3 is 15.1 Å². The first-order chi connectivity index (χ1) is 10.6. The van der Waals surface area contributed by atoms with Gasteiger partial charge in [-0.3, -0.25) is 0 Å². The molecular formula is C18H30N4. The summed E-state index contributed by atoms with van der Waals surface area (Å²) in [6.07, 6.45) is 2.53. The summed E-state index contributed by atoms with van der Waals surface area (Å²) >= 11 is 0. The van der Waals surface area contributed by atoms with E-state index in [1.54, 1.807) is 0 Å². The smallest absolute Gasteiger partial charge is 0.194 e. The Hall–Kier alpha value is -1.71. The number of hydrogen-bond donors (Lipinski definition) is 1. The van der Waals surface area contributed by atoms with Crippen LogP contribution in [0.1, 0.15) is 32.3 Å². The van der Waals surface area contributed by atoms with Gasteiger partial charge in [-0.1, -0.05) is 19.1 Å². The van der Waals surface area contributed by atoms with E-state index in [9.17, 15) is 0 Å². The number of rotatable bonds is 4. The van der Waals surface area contributed by atoms with E-state index in [0.717, 1.165) is 38.1 Å². The lowest BCUT2D eigenvalue weighted by molar-refractivity contribution is 0.273. The number of guanidine groups is 1. The molecule has 0 amide bonds.